The van der Waals surface area contributed by atoms with Gasteiger partial charge in [0.2, 0.25) is 0 Å². The van der Waals surface area contributed by atoms with Gasteiger partial charge in [-0.1, -0.05) is 72.8 Å². The molecule has 174 valence electrons. The Labute approximate surface area is 199 Å². The molecule has 0 saturated heterocycles. The molecular weight excluding hydrogens is 406 g/mol. The maximum absolute atomic E-state index is 11.2. The molecule has 3 aromatic rings. The summed E-state index contributed by atoms with van der Waals surface area (Å²) in [5, 5.41) is 0. The molecule has 3 heteroatoms. The summed E-state index contributed by atoms with van der Waals surface area (Å²) >= 11 is 0. The molecule has 0 saturated carbocycles. The summed E-state index contributed by atoms with van der Waals surface area (Å²) in [6, 6.07) is 28.1. The maximum atomic E-state index is 11.2. The maximum Gasteiger partial charge on any atom is 0.124 e. The van der Waals surface area contributed by atoms with Crippen molar-refractivity contribution in [2.75, 3.05) is 6.54 Å². The van der Waals surface area contributed by atoms with E-state index >= 15 is 0 Å². The van der Waals surface area contributed by atoms with Crippen molar-refractivity contribution in [3.63, 3.8) is 0 Å². The van der Waals surface area contributed by atoms with Gasteiger partial charge in [-0.2, -0.15) is 0 Å². The Bertz CT molecular complexity index is 975. The highest BCUT2D eigenvalue weighted by Gasteiger charge is 2.22. The third-order valence-electron chi connectivity index (χ3n) is 6.21. The van der Waals surface area contributed by atoms with Gasteiger partial charge in [0.05, 0.1) is 0 Å². The first-order chi connectivity index (χ1) is 16.0. The van der Waals surface area contributed by atoms with Crippen molar-refractivity contribution >= 4 is 6.29 Å². The number of hydrogen-bond donors (Lipinski definition) is 0. The van der Waals surface area contributed by atoms with Crippen molar-refractivity contribution in [1.82, 2.24) is 4.90 Å². The number of rotatable bonds is 12. The van der Waals surface area contributed by atoms with E-state index in [1.54, 1.807) is 0 Å². The minimum atomic E-state index is 0.184. The number of carbonyl (C=O) groups is 1. The number of aldehydes is 1. The monoisotopic (exact) mass is 443 g/mol. The van der Waals surface area contributed by atoms with E-state index in [1.807, 2.05) is 30.3 Å². The zero-order valence-corrected chi connectivity index (χ0v) is 20.4. The molecule has 0 heterocycles. The zero-order valence-electron chi connectivity index (χ0n) is 20.4. The van der Waals surface area contributed by atoms with Crippen molar-refractivity contribution in [2.45, 2.75) is 65.1 Å². The molecule has 0 aromatic heterocycles. The molecule has 0 radical (unpaired) electrons. The number of carbonyl (C=O) groups excluding carboxylic acids is 1. The molecule has 1 unspecified atom stereocenters. The lowest BCUT2D eigenvalue weighted by Gasteiger charge is -2.32. The molecule has 0 aliphatic heterocycles. The first-order valence-electron chi connectivity index (χ1n) is 12.0. The SMILES string of the molecule is CC(C)N(CCC(c1ccccc1)c1cc(CC=O)ccc1OCc1ccccc1)C(C)C. The fourth-order valence-corrected chi connectivity index (χ4v) is 4.54. The van der Waals surface area contributed by atoms with Crippen LogP contribution < -0.4 is 4.74 Å². The highest BCUT2D eigenvalue weighted by atomic mass is 16.5. The summed E-state index contributed by atoms with van der Waals surface area (Å²) < 4.78 is 6.36. The zero-order chi connectivity index (χ0) is 23.6. The average Bonchev–Trinajstić information content (AvgIpc) is 2.82. The molecule has 0 aliphatic carbocycles. The van der Waals surface area contributed by atoms with Gasteiger partial charge in [0, 0.05) is 30.0 Å². The van der Waals surface area contributed by atoms with Gasteiger partial charge in [0.15, 0.2) is 0 Å². The van der Waals surface area contributed by atoms with E-state index in [-0.39, 0.29) is 5.92 Å². The van der Waals surface area contributed by atoms with Gasteiger partial charge in [0.1, 0.15) is 18.6 Å². The van der Waals surface area contributed by atoms with Crippen LogP contribution in [0.5, 0.6) is 5.75 Å². The van der Waals surface area contributed by atoms with E-state index in [0.29, 0.717) is 25.1 Å². The van der Waals surface area contributed by atoms with E-state index in [4.69, 9.17) is 4.74 Å². The standard InChI is InChI=1S/C30H37NO2/c1-23(2)31(24(3)4)19-17-28(27-13-9-6-10-14-27)29-21-25(18-20-32)15-16-30(29)33-22-26-11-7-5-8-12-26/h5-16,20-21,23-24,28H,17-19,22H2,1-4H3. The molecule has 0 amide bonds. The molecular formula is C30H37NO2. The molecule has 33 heavy (non-hydrogen) atoms. The molecule has 0 spiro atoms. The second-order valence-corrected chi connectivity index (χ2v) is 9.19. The Morgan fingerprint density at radius 3 is 2.06 bits per heavy atom. The van der Waals surface area contributed by atoms with Crippen LogP contribution in [-0.2, 0) is 17.8 Å². The van der Waals surface area contributed by atoms with Crippen molar-refractivity contribution in [2.24, 2.45) is 0 Å². The summed E-state index contributed by atoms with van der Waals surface area (Å²) in [5.41, 5.74) is 4.60. The van der Waals surface area contributed by atoms with Crippen LogP contribution in [0.1, 0.15) is 62.3 Å². The van der Waals surface area contributed by atoms with Gasteiger partial charge in [-0.3, -0.25) is 4.90 Å². The summed E-state index contributed by atoms with van der Waals surface area (Å²) in [4.78, 5) is 13.8. The number of hydrogen-bond acceptors (Lipinski definition) is 3. The second kappa shape index (κ2) is 12.4. The fourth-order valence-electron chi connectivity index (χ4n) is 4.54. The van der Waals surface area contributed by atoms with E-state index in [0.717, 1.165) is 41.7 Å². The van der Waals surface area contributed by atoms with Crippen LogP contribution in [-0.4, -0.2) is 29.8 Å². The Morgan fingerprint density at radius 2 is 1.45 bits per heavy atom. The van der Waals surface area contributed by atoms with Gasteiger partial charge in [-0.15, -0.1) is 0 Å². The van der Waals surface area contributed by atoms with Crippen LogP contribution in [0.15, 0.2) is 78.9 Å². The molecule has 0 N–H and O–H groups in total. The number of benzene rings is 3. The molecule has 0 fully saturated rings. The first kappa shape index (κ1) is 24.7. The molecule has 1 atom stereocenters. The van der Waals surface area contributed by atoms with Gasteiger partial charge >= 0.3 is 0 Å². The normalized spacial score (nSPS) is 12.3. The Balaban J connectivity index is 1.97. The van der Waals surface area contributed by atoms with Crippen LogP contribution in [0.4, 0.5) is 0 Å². The summed E-state index contributed by atoms with van der Waals surface area (Å²) in [6.45, 7) is 10.6. The summed E-state index contributed by atoms with van der Waals surface area (Å²) in [7, 11) is 0. The predicted molar refractivity (Wildman–Crippen MR) is 137 cm³/mol. The van der Waals surface area contributed by atoms with E-state index < -0.39 is 0 Å². The Kier molecular flexibility index (Phi) is 9.26. The topological polar surface area (TPSA) is 29.5 Å². The largest absolute Gasteiger partial charge is 0.489 e. The smallest absolute Gasteiger partial charge is 0.124 e. The Hall–Kier alpha value is -2.91. The lowest BCUT2D eigenvalue weighted by Crippen LogP contribution is -2.38. The molecule has 3 nitrogen and oxygen atoms in total. The highest BCUT2D eigenvalue weighted by molar-refractivity contribution is 5.56. The van der Waals surface area contributed by atoms with Crippen LogP contribution in [0.3, 0.4) is 0 Å². The van der Waals surface area contributed by atoms with E-state index in [2.05, 4.69) is 81.1 Å². The van der Waals surface area contributed by atoms with Crippen molar-refractivity contribution in [1.29, 1.82) is 0 Å². The highest BCUT2D eigenvalue weighted by Crippen LogP contribution is 2.36. The van der Waals surface area contributed by atoms with Gasteiger partial charge < -0.3 is 9.53 Å². The molecule has 0 aliphatic rings. The lowest BCUT2D eigenvalue weighted by atomic mass is 9.86. The minimum Gasteiger partial charge on any atom is -0.489 e. The van der Waals surface area contributed by atoms with Crippen molar-refractivity contribution < 1.29 is 9.53 Å². The molecule has 3 rings (SSSR count). The Morgan fingerprint density at radius 1 is 0.818 bits per heavy atom. The van der Waals surface area contributed by atoms with Gasteiger partial charge in [-0.05, 0) is 63.4 Å². The van der Waals surface area contributed by atoms with E-state index in [1.165, 1.54) is 5.56 Å². The van der Waals surface area contributed by atoms with Crippen molar-refractivity contribution in [3.8, 4) is 5.75 Å². The second-order valence-electron chi connectivity index (χ2n) is 9.19. The summed E-state index contributed by atoms with van der Waals surface area (Å²) in [5.74, 6) is 1.08. The average molecular weight is 444 g/mol. The third kappa shape index (κ3) is 7.03. The number of ether oxygens (including phenoxy) is 1. The van der Waals surface area contributed by atoms with Gasteiger partial charge in [0.25, 0.3) is 0 Å². The minimum absolute atomic E-state index is 0.184. The quantitative estimate of drug-likeness (QED) is 0.294. The van der Waals surface area contributed by atoms with Crippen LogP contribution in [0.2, 0.25) is 0 Å². The van der Waals surface area contributed by atoms with Gasteiger partial charge in [-0.25, -0.2) is 0 Å². The predicted octanol–water partition coefficient (Wildman–Crippen LogP) is 6.65. The van der Waals surface area contributed by atoms with E-state index in [9.17, 15) is 4.79 Å². The van der Waals surface area contributed by atoms with Crippen LogP contribution >= 0.6 is 0 Å². The van der Waals surface area contributed by atoms with Crippen LogP contribution in [0.25, 0.3) is 0 Å². The molecule has 3 aromatic carbocycles. The van der Waals surface area contributed by atoms with Crippen molar-refractivity contribution in [3.05, 3.63) is 101 Å². The molecule has 0 bridgehead atoms. The lowest BCUT2D eigenvalue weighted by molar-refractivity contribution is -0.107. The third-order valence-corrected chi connectivity index (χ3v) is 6.21. The summed E-state index contributed by atoms with van der Waals surface area (Å²) in [6.07, 6.45) is 2.37. The van der Waals surface area contributed by atoms with Crippen LogP contribution in [0, 0.1) is 0 Å². The number of nitrogens with zero attached hydrogens (tertiary/aromatic N) is 1. The fraction of sp³-hybridized carbons (Fsp3) is 0.367. The first-order valence-corrected chi connectivity index (χ1v) is 12.0.